The number of hydrogen-bond donors (Lipinski definition) is 2. The summed E-state index contributed by atoms with van der Waals surface area (Å²) < 4.78 is 0. The van der Waals surface area contributed by atoms with E-state index in [1.54, 1.807) is 30.5 Å². The van der Waals surface area contributed by atoms with Gasteiger partial charge in [-0.1, -0.05) is 43.5 Å². The van der Waals surface area contributed by atoms with E-state index in [-0.39, 0.29) is 18.2 Å². The summed E-state index contributed by atoms with van der Waals surface area (Å²) in [6, 6.07) is 4.23. The number of amides is 1. The number of carboxylic acids is 1. The second-order valence-corrected chi connectivity index (χ2v) is 7.42. The molecule has 0 unspecified atom stereocenters. The highest BCUT2D eigenvalue weighted by molar-refractivity contribution is 7.13. The number of carboxylic acid groups (broad SMARTS) is 1. The molecule has 1 aromatic heterocycles. The third-order valence-electron chi connectivity index (χ3n) is 3.85. The number of rotatable bonds is 7. The monoisotopic (exact) mass is 400 g/mol. The molecule has 1 aromatic carbocycles. The van der Waals surface area contributed by atoms with Crippen LogP contribution in [-0.4, -0.2) is 28.0 Å². The van der Waals surface area contributed by atoms with E-state index in [1.807, 2.05) is 6.92 Å². The smallest absolute Gasteiger partial charge is 0.326 e. The van der Waals surface area contributed by atoms with Gasteiger partial charge in [0.15, 0.2) is 0 Å². The van der Waals surface area contributed by atoms with Gasteiger partial charge in [-0.2, -0.15) is 0 Å². The van der Waals surface area contributed by atoms with Gasteiger partial charge in [-0.15, -0.1) is 11.3 Å². The van der Waals surface area contributed by atoms with Crippen molar-refractivity contribution in [2.45, 2.75) is 32.7 Å². The van der Waals surface area contributed by atoms with Gasteiger partial charge in [0.05, 0.1) is 17.1 Å². The molecule has 2 rings (SSSR count). The summed E-state index contributed by atoms with van der Waals surface area (Å²) in [6.45, 7) is 3.68. The highest BCUT2D eigenvalue weighted by Gasteiger charge is 2.25. The van der Waals surface area contributed by atoms with E-state index >= 15 is 0 Å². The van der Waals surface area contributed by atoms with E-state index < -0.39 is 12.0 Å². The number of halogens is 2. The molecule has 0 saturated heterocycles. The molecule has 2 N–H and O–H groups in total. The zero-order valence-electron chi connectivity index (χ0n) is 13.8. The topological polar surface area (TPSA) is 79.3 Å². The Morgan fingerprint density at radius 2 is 2.08 bits per heavy atom. The summed E-state index contributed by atoms with van der Waals surface area (Å²) in [5.41, 5.74) is 1.31. The first-order valence-corrected chi connectivity index (χ1v) is 9.37. The molecule has 0 saturated carbocycles. The Bertz CT molecular complexity index is 779. The van der Waals surface area contributed by atoms with E-state index in [0.29, 0.717) is 27.2 Å². The quantitative estimate of drug-likeness (QED) is 0.726. The van der Waals surface area contributed by atoms with Crippen molar-refractivity contribution in [1.82, 2.24) is 10.3 Å². The Balaban J connectivity index is 2.07. The number of thiazole rings is 1. The summed E-state index contributed by atoms with van der Waals surface area (Å²) in [5, 5.41) is 15.3. The van der Waals surface area contributed by atoms with Gasteiger partial charge >= 0.3 is 5.97 Å². The molecule has 0 aliphatic rings. The highest BCUT2D eigenvalue weighted by Crippen LogP contribution is 2.32. The number of benzene rings is 1. The average molecular weight is 401 g/mol. The molecule has 134 valence electrons. The molecule has 0 aliphatic heterocycles. The van der Waals surface area contributed by atoms with Crippen LogP contribution in [0.5, 0.6) is 0 Å². The highest BCUT2D eigenvalue weighted by atomic mass is 35.5. The molecule has 0 radical (unpaired) electrons. The first-order chi connectivity index (χ1) is 11.8. The molecule has 0 aliphatic carbocycles. The largest absolute Gasteiger partial charge is 0.480 e. The molecule has 1 amide bonds. The maximum absolute atomic E-state index is 12.2. The molecule has 5 nitrogen and oxygen atoms in total. The molecule has 25 heavy (non-hydrogen) atoms. The van der Waals surface area contributed by atoms with Crippen LogP contribution in [0.15, 0.2) is 23.6 Å². The predicted octanol–water partition coefficient (Wildman–Crippen LogP) is 4.27. The van der Waals surface area contributed by atoms with Gasteiger partial charge in [0.1, 0.15) is 11.0 Å². The van der Waals surface area contributed by atoms with E-state index in [4.69, 9.17) is 23.2 Å². The fraction of sp³-hybridized carbons (Fsp3) is 0.353. The lowest BCUT2D eigenvalue weighted by Gasteiger charge is -2.19. The second-order valence-electron chi connectivity index (χ2n) is 5.71. The summed E-state index contributed by atoms with van der Waals surface area (Å²) in [4.78, 5) is 27.9. The Kier molecular flexibility index (Phi) is 6.81. The Hall–Kier alpha value is -1.63. The standard InChI is InChI=1S/C17H18Cl2N2O3S/c1-3-9(2)15(17(23)24)21-14(22)7-11-8-25-16(20-11)12-5-4-10(18)6-13(12)19/h4-6,8-9,15H,3,7H2,1-2H3,(H,21,22)(H,23,24)/t9-,15+/m1/s1. The molecule has 2 aromatic rings. The van der Waals surface area contributed by atoms with Gasteiger partial charge in [0.2, 0.25) is 5.91 Å². The van der Waals surface area contributed by atoms with E-state index in [9.17, 15) is 14.7 Å². The van der Waals surface area contributed by atoms with Crippen LogP contribution in [0.3, 0.4) is 0 Å². The van der Waals surface area contributed by atoms with Crippen LogP contribution in [0.25, 0.3) is 10.6 Å². The molecular weight excluding hydrogens is 383 g/mol. The number of aliphatic carboxylic acids is 1. The van der Waals surface area contributed by atoms with Crippen molar-refractivity contribution in [2.75, 3.05) is 0 Å². The fourth-order valence-electron chi connectivity index (χ4n) is 2.25. The molecule has 0 spiro atoms. The normalized spacial score (nSPS) is 13.3. The van der Waals surface area contributed by atoms with Crippen LogP contribution in [0.1, 0.15) is 26.0 Å². The van der Waals surface area contributed by atoms with Crippen molar-refractivity contribution in [3.63, 3.8) is 0 Å². The van der Waals surface area contributed by atoms with Crippen molar-refractivity contribution in [1.29, 1.82) is 0 Å². The Labute approximate surface area is 160 Å². The molecular formula is C17H18Cl2N2O3S. The van der Waals surface area contributed by atoms with Gasteiger partial charge < -0.3 is 10.4 Å². The van der Waals surface area contributed by atoms with Crippen LogP contribution in [0.2, 0.25) is 10.0 Å². The van der Waals surface area contributed by atoms with E-state index in [2.05, 4.69) is 10.3 Å². The van der Waals surface area contributed by atoms with Crippen molar-refractivity contribution in [2.24, 2.45) is 5.92 Å². The van der Waals surface area contributed by atoms with Crippen molar-refractivity contribution < 1.29 is 14.7 Å². The van der Waals surface area contributed by atoms with Crippen LogP contribution in [0, 0.1) is 5.92 Å². The maximum Gasteiger partial charge on any atom is 0.326 e. The van der Waals surface area contributed by atoms with Crippen molar-refractivity contribution in [3.05, 3.63) is 39.3 Å². The number of carbonyl (C=O) groups excluding carboxylic acids is 1. The van der Waals surface area contributed by atoms with Crippen molar-refractivity contribution >= 4 is 46.4 Å². The van der Waals surface area contributed by atoms with Gasteiger partial charge in [0.25, 0.3) is 0 Å². The minimum absolute atomic E-state index is 0.0158. The van der Waals surface area contributed by atoms with E-state index in [1.165, 1.54) is 11.3 Å². The predicted molar refractivity (Wildman–Crippen MR) is 100 cm³/mol. The van der Waals surface area contributed by atoms with Gasteiger partial charge in [-0.25, -0.2) is 9.78 Å². The minimum atomic E-state index is -1.03. The number of nitrogens with one attached hydrogen (secondary N) is 1. The third kappa shape index (κ3) is 5.17. The molecule has 0 fully saturated rings. The zero-order valence-corrected chi connectivity index (χ0v) is 16.1. The molecule has 8 heteroatoms. The summed E-state index contributed by atoms with van der Waals surface area (Å²) in [7, 11) is 0. The fourth-order valence-corrected chi connectivity index (χ4v) is 3.66. The Morgan fingerprint density at radius 1 is 1.36 bits per heavy atom. The van der Waals surface area contributed by atoms with Crippen molar-refractivity contribution in [3.8, 4) is 10.6 Å². The van der Waals surface area contributed by atoms with Crippen LogP contribution in [-0.2, 0) is 16.0 Å². The third-order valence-corrected chi connectivity index (χ3v) is 5.32. The maximum atomic E-state index is 12.2. The summed E-state index contributed by atoms with van der Waals surface area (Å²) in [5.74, 6) is -1.55. The average Bonchev–Trinajstić information content (AvgIpc) is 2.99. The molecule has 0 bridgehead atoms. The number of carbonyl (C=O) groups is 2. The van der Waals surface area contributed by atoms with Gasteiger partial charge in [-0.05, 0) is 24.1 Å². The lowest BCUT2D eigenvalue weighted by molar-refractivity contribution is -0.143. The minimum Gasteiger partial charge on any atom is -0.480 e. The van der Waals surface area contributed by atoms with Gasteiger partial charge in [-0.3, -0.25) is 4.79 Å². The summed E-state index contributed by atoms with van der Waals surface area (Å²) >= 11 is 13.4. The van der Waals surface area contributed by atoms with Crippen LogP contribution >= 0.6 is 34.5 Å². The molecule has 1 heterocycles. The Morgan fingerprint density at radius 3 is 2.68 bits per heavy atom. The molecule has 2 atom stereocenters. The zero-order chi connectivity index (χ0) is 18.6. The lowest BCUT2D eigenvalue weighted by atomic mass is 9.99. The van der Waals surface area contributed by atoms with Gasteiger partial charge in [0, 0.05) is 16.0 Å². The number of hydrogen-bond acceptors (Lipinski definition) is 4. The first kappa shape index (κ1) is 19.7. The lowest BCUT2D eigenvalue weighted by Crippen LogP contribution is -2.45. The first-order valence-electron chi connectivity index (χ1n) is 7.73. The SMILES string of the molecule is CC[C@@H](C)[C@H](NC(=O)Cc1csc(-c2ccc(Cl)cc2Cl)n1)C(=O)O. The number of aromatic nitrogens is 1. The second kappa shape index (κ2) is 8.65. The van der Waals surface area contributed by atoms with Crippen LogP contribution in [0.4, 0.5) is 0 Å². The van der Waals surface area contributed by atoms with Crippen LogP contribution < -0.4 is 5.32 Å². The summed E-state index contributed by atoms with van der Waals surface area (Å²) in [6.07, 6.45) is 0.676. The van der Waals surface area contributed by atoms with E-state index in [0.717, 1.165) is 5.56 Å². The number of nitrogens with zero attached hydrogens (tertiary/aromatic N) is 1.